The number of anilines is 2. The molecule has 8 heteroatoms. The minimum atomic E-state index is -3.68. The van der Waals surface area contributed by atoms with Gasteiger partial charge in [-0.05, 0) is 42.3 Å². The number of alkyl halides is 2. The van der Waals surface area contributed by atoms with Crippen LogP contribution in [0.15, 0.2) is 36.4 Å². The van der Waals surface area contributed by atoms with Gasteiger partial charge in [0.1, 0.15) is 0 Å². The van der Waals surface area contributed by atoms with Crippen molar-refractivity contribution in [3.05, 3.63) is 47.0 Å². The topological polar surface area (TPSA) is 50.8 Å². The van der Waals surface area contributed by atoms with E-state index >= 15 is 0 Å². The van der Waals surface area contributed by atoms with Gasteiger partial charge in [0, 0.05) is 29.0 Å². The summed E-state index contributed by atoms with van der Waals surface area (Å²) in [6, 6.07) is 9.06. The molecule has 124 valence electrons. The van der Waals surface area contributed by atoms with Crippen molar-refractivity contribution in [1.82, 2.24) is 0 Å². The molecule has 2 heterocycles. The van der Waals surface area contributed by atoms with Gasteiger partial charge in [0.15, 0.2) is 11.5 Å². The molecule has 0 aliphatic carbocycles. The molecule has 2 aromatic rings. The predicted molar refractivity (Wildman–Crippen MR) is 84.2 cm³/mol. The van der Waals surface area contributed by atoms with Gasteiger partial charge in [-0.2, -0.15) is 0 Å². The second-order valence-corrected chi connectivity index (χ2v) is 5.87. The molecule has 0 aromatic heterocycles. The number of amides is 2. The van der Waals surface area contributed by atoms with E-state index in [1.54, 1.807) is 17.0 Å². The molecule has 2 aliphatic rings. The number of rotatable bonds is 1. The number of urea groups is 1. The Bertz CT molecular complexity index is 844. The second kappa shape index (κ2) is 5.24. The summed E-state index contributed by atoms with van der Waals surface area (Å²) in [6.07, 6.45) is -2.98. The molecule has 0 unspecified atom stereocenters. The van der Waals surface area contributed by atoms with E-state index in [1.165, 1.54) is 18.2 Å². The fourth-order valence-corrected chi connectivity index (χ4v) is 2.99. The van der Waals surface area contributed by atoms with E-state index in [2.05, 4.69) is 14.8 Å². The van der Waals surface area contributed by atoms with Crippen LogP contribution in [0, 0.1) is 0 Å². The van der Waals surface area contributed by atoms with Gasteiger partial charge in [-0.3, -0.25) is 4.90 Å². The van der Waals surface area contributed by atoms with Gasteiger partial charge in [0.25, 0.3) is 0 Å². The summed E-state index contributed by atoms with van der Waals surface area (Å²) >= 11 is 5.95. The number of hydrogen-bond donors (Lipinski definition) is 1. The Morgan fingerprint density at radius 2 is 1.96 bits per heavy atom. The molecule has 0 saturated carbocycles. The van der Waals surface area contributed by atoms with Crippen molar-refractivity contribution in [3.8, 4) is 11.5 Å². The first kappa shape index (κ1) is 15.0. The number of fused-ring (bicyclic) bond motifs is 2. The van der Waals surface area contributed by atoms with Gasteiger partial charge < -0.3 is 14.8 Å². The smallest absolute Gasteiger partial charge is 0.395 e. The highest BCUT2D eigenvalue weighted by atomic mass is 35.5. The monoisotopic (exact) mass is 352 g/mol. The van der Waals surface area contributed by atoms with Crippen molar-refractivity contribution in [2.75, 3.05) is 16.8 Å². The van der Waals surface area contributed by atoms with Crippen molar-refractivity contribution in [2.45, 2.75) is 12.7 Å². The van der Waals surface area contributed by atoms with Crippen LogP contribution in [0.25, 0.3) is 0 Å². The van der Waals surface area contributed by atoms with E-state index in [9.17, 15) is 13.6 Å². The molecule has 0 saturated heterocycles. The Morgan fingerprint density at radius 3 is 2.79 bits per heavy atom. The summed E-state index contributed by atoms with van der Waals surface area (Å²) in [6.45, 7) is 0.518. The van der Waals surface area contributed by atoms with Gasteiger partial charge in [-0.15, -0.1) is 8.78 Å². The lowest BCUT2D eigenvalue weighted by Gasteiger charge is -2.18. The first-order chi connectivity index (χ1) is 11.4. The molecule has 0 spiro atoms. The predicted octanol–water partition coefficient (Wildman–Crippen LogP) is 4.26. The first-order valence-corrected chi connectivity index (χ1v) is 7.56. The normalized spacial score (nSPS) is 16.9. The number of carbonyl (C=O) groups excluding carboxylic acids is 1. The standard InChI is InChI=1S/C16H11ClF2N2O3/c17-10-1-3-12-9(7-10)5-6-21(12)15(22)20-11-2-4-13-14(8-11)24-16(18,19)23-13/h1-4,7-8H,5-6H2,(H,20,22). The third-order valence-electron chi connectivity index (χ3n) is 3.83. The van der Waals surface area contributed by atoms with Crippen LogP contribution in [0.3, 0.4) is 0 Å². The quantitative estimate of drug-likeness (QED) is 0.834. The minimum absolute atomic E-state index is 0.0702. The maximum Gasteiger partial charge on any atom is 0.586 e. The highest BCUT2D eigenvalue weighted by Crippen LogP contribution is 2.42. The van der Waals surface area contributed by atoms with Crippen LogP contribution in [0.1, 0.15) is 5.56 Å². The molecule has 0 bridgehead atoms. The summed E-state index contributed by atoms with van der Waals surface area (Å²) in [7, 11) is 0. The number of nitrogens with one attached hydrogen (secondary N) is 1. The molecule has 1 N–H and O–H groups in total. The highest BCUT2D eigenvalue weighted by Gasteiger charge is 2.43. The van der Waals surface area contributed by atoms with Crippen LogP contribution in [0.2, 0.25) is 5.02 Å². The Kier molecular flexibility index (Phi) is 3.28. The summed E-state index contributed by atoms with van der Waals surface area (Å²) in [5.41, 5.74) is 2.11. The second-order valence-electron chi connectivity index (χ2n) is 5.43. The SMILES string of the molecule is O=C(Nc1ccc2c(c1)OC(F)(F)O2)N1CCc2cc(Cl)ccc21. The maximum absolute atomic E-state index is 13.0. The van der Waals surface area contributed by atoms with Crippen LogP contribution < -0.4 is 19.7 Å². The molecule has 2 amide bonds. The fraction of sp³-hybridized carbons (Fsp3) is 0.188. The molecule has 0 radical (unpaired) electrons. The van der Waals surface area contributed by atoms with E-state index in [0.29, 0.717) is 23.7 Å². The Morgan fingerprint density at radius 1 is 1.17 bits per heavy atom. The molecular weight excluding hydrogens is 342 g/mol. The number of benzene rings is 2. The Hall–Kier alpha value is -2.54. The Balaban J connectivity index is 1.53. The summed E-state index contributed by atoms with van der Waals surface area (Å²) in [5, 5.41) is 3.29. The molecule has 0 atom stereocenters. The van der Waals surface area contributed by atoms with Crippen LogP contribution in [0.5, 0.6) is 11.5 Å². The fourth-order valence-electron chi connectivity index (χ4n) is 2.80. The average molecular weight is 353 g/mol. The zero-order valence-corrected chi connectivity index (χ0v) is 12.9. The van der Waals surface area contributed by atoms with Crippen molar-refractivity contribution < 1.29 is 23.0 Å². The average Bonchev–Trinajstić information content (AvgIpc) is 3.05. The zero-order valence-electron chi connectivity index (χ0n) is 12.2. The largest absolute Gasteiger partial charge is 0.586 e. The molecule has 5 nitrogen and oxygen atoms in total. The first-order valence-electron chi connectivity index (χ1n) is 7.18. The van der Waals surface area contributed by atoms with E-state index in [4.69, 9.17) is 11.6 Å². The zero-order chi connectivity index (χ0) is 16.9. The summed E-state index contributed by atoms with van der Waals surface area (Å²) in [4.78, 5) is 14.0. The van der Waals surface area contributed by atoms with Crippen molar-refractivity contribution in [3.63, 3.8) is 0 Å². The molecule has 24 heavy (non-hydrogen) atoms. The van der Waals surface area contributed by atoms with Crippen molar-refractivity contribution in [2.24, 2.45) is 0 Å². The van der Waals surface area contributed by atoms with Gasteiger partial charge in [-0.25, -0.2) is 4.79 Å². The molecule has 2 aliphatic heterocycles. The lowest BCUT2D eigenvalue weighted by Crippen LogP contribution is -2.33. The van der Waals surface area contributed by atoms with Gasteiger partial charge in [0.05, 0.1) is 0 Å². The number of nitrogens with zero attached hydrogens (tertiary/aromatic N) is 1. The lowest BCUT2D eigenvalue weighted by atomic mass is 10.2. The van der Waals surface area contributed by atoms with Gasteiger partial charge >= 0.3 is 12.3 Å². The van der Waals surface area contributed by atoms with Crippen LogP contribution >= 0.6 is 11.6 Å². The van der Waals surface area contributed by atoms with E-state index in [0.717, 1.165) is 11.3 Å². The van der Waals surface area contributed by atoms with Crippen LogP contribution in [-0.2, 0) is 6.42 Å². The number of carbonyl (C=O) groups is 1. The van der Waals surface area contributed by atoms with Crippen molar-refractivity contribution in [1.29, 1.82) is 0 Å². The number of hydrogen-bond acceptors (Lipinski definition) is 3. The molecule has 0 fully saturated rings. The van der Waals surface area contributed by atoms with Crippen molar-refractivity contribution >= 4 is 29.0 Å². The van der Waals surface area contributed by atoms with Crippen LogP contribution in [0.4, 0.5) is 25.0 Å². The minimum Gasteiger partial charge on any atom is -0.395 e. The molecular formula is C16H11ClF2N2O3. The third kappa shape index (κ3) is 2.60. The molecule has 4 rings (SSSR count). The summed E-state index contributed by atoms with van der Waals surface area (Å²) < 4.78 is 34.7. The Labute approximate surface area is 140 Å². The van der Waals surface area contributed by atoms with E-state index in [1.807, 2.05) is 6.07 Å². The maximum atomic E-state index is 13.0. The highest BCUT2D eigenvalue weighted by molar-refractivity contribution is 6.30. The molecule has 2 aromatic carbocycles. The number of halogens is 3. The van der Waals surface area contributed by atoms with Crippen LogP contribution in [-0.4, -0.2) is 18.9 Å². The third-order valence-corrected chi connectivity index (χ3v) is 4.07. The van der Waals surface area contributed by atoms with E-state index in [-0.39, 0.29) is 17.5 Å². The van der Waals surface area contributed by atoms with Gasteiger partial charge in [0.2, 0.25) is 0 Å². The van der Waals surface area contributed by atoms with Gasteiger partial charge in [-0.1, -0.05) is 11.6 Å². The number of ether oxygens (including phenoxy) is 2. The lowest BCUT2D eigenvalue weighted by molar-refractivity contribution is -0.286. The van der Waals surface area contributed by atoms with E-state index < -0.39 is 6.29 Å². The summed E-state index contributed by atoms with van der Waals surface area (Å²) in [5.74, 6) is -0.189.